The average molecular weight is 487 g/mol. The number of fused-ring (bicyclic) bond motifs is 1. The highest BCUT2D eigenvalue weighted by Gasteiger charge is 2.35. The van der Waals surface area contributed by atoms with Gasteiger partial charge in [0.1, 0.15) is 0 Å². The molecule has 2 fully saturated rings. The Morgan fingerprint density at radius 3 is 2.66 bits per heavy atom. The minimum atomic E-state index is -0.379. The van der Waals surface area contributed by atoms with Crippen LogP contribution in [-0.4, -0.2) is 73.3 Å². The number of hydrogen-bond donors (Lipinski definition) is 1. The lowest BCUT2D eigenvalue weighted by atomic mass is 9.86. The van der Waals surface area contributed by atoms with Gasteiger partial charge in [-0.1, -0.05) is 18.9 Å². The largest absolute Gasteiger partial charge is 0.459 e. The Bertz CT molecular complexity index is 892. The van der Waals surface area contributed by atoms with E-state index >= 15 is 0 Å². The van der Waals surface area contributed by atoms with Crippen LogP contribution in [0.3, 0.4) is 0 Å². The van der Waals surface area contributed by atoms with Crippen LogP contribution in [0, 0.1) is 11.8 Å². The number of aliphatic hydroxyl groups is 1. The van der Waals surface area contributed by atoms with E-state index in [-0.39, 0.29) is 25.6 Å². The van der Waals surface area contributed by atoms with Crippen LogP contribution in [-0.2, 0) is 20.8 Å². The predicted octanol–water partition coefficient (Wildman–Crippen LogP) is 3.29. The molecule has 8 nitrogen and oxygen atoms in total. The summed E-state index contributed by atoms with van der Waals surface area (Å²) in [6.07, 6.45) is 9.01. The Kier molecular flexibility index (Phi) is 8.11. The summed E-state index contributed by atoms with van der Waals surface area (Å²) in [5.74, 6) is 3.01. The van der Waals surface area contributed by atoms with E-state index in [2.05, 4.69) is 17.0 Å². The SMILES string of the molecule is O=C(C1=C[C@@H](C2CCCC2)C[C@@H](OCCCCO)O1)N1CCN(Cc2ccc3c(c2)OCO3)CC1. The fourth-order valence-electron chi connectivity index (χ4n) is 5.64. The molecule has 3 aliphatic heterocycles. The van der Waals surface area contributed by atoms with Gasteiger partial charge in [-0.25, -0.2) is 0 Å². The van der Waals surface area contributed by atoms with Crippen molar-refractivity contribution in [1.82, 2.24) is 9.80 Å². The molecule has 1 N–H and O–H groups in total. The van der Waals surface area contributed by atoms with Crippen LogP contribution >= 0.6 is 0 Å². The molecule has 1 amide bonds. The molecular weight excluding hydrogens is 448 g/mol. The van der Waals surface area contributed by atoms with Crippen LogP contribution in [0.4, 0.5) is 0 Å². The van der Waals surface area contributed by atoms with Crippen molar-refractivity contribution in [2.24, 2.45) is 11.8 Å². The van der Waals surface area contributed by atoms with Gasteiger partial charge in [-0.05, 0) is 61.3 Å². The van der Waals surface area contributed by atoms with Gasteiger partial charge < -0.3 is 29.0 Å². The number of rotatable bonds is 9. The summed E-state index contributed by atoms with van der Waals surface area (Å²) in [5, 5.41) is 9.03. The number of aliphatic hydroxyl groups excluding tert-OH is 1. The molecule has 0 spiro atoms. The number of amides is 1. The molecule has 0 radical (unpaired) electrons. The van der Waals surface area contributed by atoms with Crippen molar-refractivity contribution in [1.29, 1.82) is 0 Å². The van der Waals surface area contributed by atoms with Gasteiger partial charge in [0.2, 0.25) is 13.1 Å². The van der Waals surface area contributed by atoms with Gasteiger partial charge in [0.25, 0.3) is 5.91 Å². The van der Waals surface area contributed by atoms with E-state index in [1.54, 1.807) is 0 Å². The number of benzene rings is 1. The second-order valence-electron chi connectivity index (χ2n) is 10.1. The Morgan fingerprint density at radius 2 is 1.86 bits per heavy atom. The van der Waals surface area contributed by atoms with Gasteiger partial charge in [0.05, 0.1) is 6.61 Å². The van der Waals surface area contributed by atoms with Gasteiger partial charge in [-0.3, -0.25) is 9.69 Å². The summed E-state index contributed by atoms with van der Waals surface area (Å²) in [7, 11) is 0. The molecule has 3 heterocycles. The van der Waals surface area contributed by atoms with Crippen LogP contribution < -0.4 is 9.47 Å². The molecule has 0 aromatic heterocycles. The molecule has 8 heteroatoms. The highest BCUT2D eigenvalue weighted by atomic mass is 16.7. The lowest BCUT2D eigenvalue weighted by Crippen LogP contribution is -2.49. The van der Waals surface area contributed by atoms with Crippen molar-refractivity contribution in [2.45, 2.75) is 57.8 Å². The summed E-state index contributed by atoms with van der Waals surface area (Å²) >= 11 is 0. The fraction of sp³-hybridized carbons (Fsp3) is 0.667. The summed E-state index contributed by atoms with van der Waals surface area (Å²) in [6.45, 7) is 4.83. The topological polar surface area (TPSA) is 80.7 Å². The van der Waals surface area contributed by atoms with E-state index in [0.717, 1.165) is 50.4 Å². The van der Waals surface area contributed by atoms with Crippen molar-refractivity contribution < 1.29 is 28.8 Å². The van der Waals surface area contributed by atoms with Gasteiger partial charge in [0, 0.05) is 45.8 Å². The molecule has 1 aliphatic carbocycles. The highest BCUT2D eigenvalue weighted by Crippen LogP contribution is 2.38. The van der Waals surface area contributed by atoms with Crippen LogP contribution in [0.15, 0.2) is 30.0 Å². The molecule has 0 bridgehead atoms. The average Bonchev–Trinajstić information content (AvgIpc) is 3.59. The lowest BCUT2D eigenvalue weighted by molar-refractivity contribution is -0.157. The quantitative estimate of drug-likeness (QED) is 0.537. The predicted molar refractivity (Wildman–Crippen MR) is 130 cm³/mol. The monoisotopic (exact) mass is 486 g/mol. The first kappa shape index (κ1) is 24.4. The van der Waals surface area contributed by atoms with Crippen molar-refractivity contribution >= 4 is 5.91 Å². The standard InChI is InChI=1S/C27H38N2O6/c30-13-3-4-14-32-26-17-22(21-5-1-2-6-21)16-25(35-26)27(31)29-11-9-28(10-12-29)18-20-7-8-23-24(15-20)34-19-33-23/h7-8,15-16,21-22,26,30H,1-6,9-14,17-19H2/t22-,26+/m1/s1. The molecule has 35 heavy (non-hydrogen) atoms. The Labute approximate surface area is 207 Å². The van der Waals surface area contributed by atoms with E-state index in [0.29, 0.717) is 37.3 Å². The molecule has 192 valence electrons. The van der Waals surface area contributed by atoms with Crippen molar-refractivity contribution in [3.8, 4) is 11.5 Å². The van der Waals surface area contributed by atoms with Crippen molar-refractivity contribution in [3.05, 3.63) is 35.6 Å². The number of allylic oxidation sites excluding steroid dienone is 1. The summed E-state index contributed by atoms with van der Waals surface area (Å²) < 4.78 is 23.0. The van der Waals surface area contributed by atoms with E-state index in [1.165, 1.54) is 31.2 Å². The minimum Gasteiger partial charge on any atom is -0.459 e. The molecule has 1 saturated carbocycles. The summed E-state index contributed by atoms with van der Waals surface area (Å²) in [6, 6.07) is 6.09. The van der Waals surface area contributed by atoms with E-state index in [4.69, 9.17) is 24.1 Å². The summed E-state index contributed by atoms with van der Waals surface area (Å²) in [5.41, 5.74) is 1.19. The Balaban J connectivity index is 1.16. The zero-order valence-electron chi connectivity index (χ0n) is 20.5. The van der Waals surface area contributed by atoms with Crippen LogP contribution in [0.1, 0.15) is 50.5 Å². The minimum absolute atomic E-state index is 0.0145. The van der Waals surface area contributed by atoms with Crippen molar-refractivity contribution in [2.75, 3.05) is 46.2 Å². The Morgan fingerprint density at radius 1 is 1.06 bits per heavy atom. The number of hydrogen-bond acceptors (Lipinski definition) is 7. The van der Waals surface area contributed by atoms with E-state index in [1.807, 2.05) is 17.0 Å². The third kappa shape index (κ3) is 6.11. The first-order valence-electron chi connectivity index (χ1n) is 13.2. The molecule has 4 aliphatic rings. The van der Waals surface area contributed by atoms with Crippen LogP contribution in [0.25, 0.3) is 0 Å². The van der Waals surface area contributed by atoms with Gasteiger partial charge >= 0.3 is 0 Å². The van der Waals surface area contributed by atoms with Crippen molar-refractivity contribution in [3.63, 3.8) is 0 Å². The molecule has 1 aromatic rings. The second-order valence-corrected chi connectivity index (χ2v) is 10.1. The normalized spacial score (nSPS) is 24.9. The van der Waals surface area contributed by atoms with Crippen LogP contribution in [0.2, 0.25) is 0 Å². The van der Waals surface area contributed by atoms with Gasteiger partial charge in [-0.15, -0.1) is 0 Å². The molecule has 2 atom stereocenters. The first-order valence-corrected chi connectivity index (χ1v) is 13.2. The molecule has 1 saturated heterocycles. The number of nitrogens with zero attached hydrogens (tertiary/aromatic N) is 2. The number of carbonyl (C=O) groups excluding carboxylic acids is 1. The number of ether oxygens (including phenoxy) is 4. The molecular formula is C27H38N2O6. The highest BCUT2D eigenvalue weighted by molar-refractivity contribution is 5.91. The first-order chi connectivity index (χ1) is 17.2. The maximum Gasteiger partial charge on any atom is 0.288 e. The molecule has 5 rings (SSSR count). The van der Waals surface area contributed by atoms with E-state index in [9.17, 15) is 4.79 Å². The third-order valence-electron chi connectivity index (χ3n) is 7.66. The maximum absolute atomic E-state index is 13.4. The van der Waals surface area contributed by atoms with Gasteiger partial charge in [0.15, 0.2) is 17.3 Å². The lowest BCUT2D eigenvalue weighted by Gasteiger charge is -2.37. The molecule has 1 aromatic carbocycles. The smallest absolute Gasteiger partial charge is 0.288 e. The Hall–Kier alpha value is -2.29. The fourth-order valence-corrected chi connectivity index (χ4v) is 5.64. The van der Waals surface area contributed by atoms with E-state index < -0.39 is 0 Å². The van der Waals surface area contributed by atoms with Crippen LogP contribution in [0.5, 0.6) is 11.5 Å². The number of piperazine rings is 1. The van der Waals surface area contributed by atoms with Gasteiger partial charge in [-0.2, -0.15) is 0 Å². The third-order valence-corrected chi connectivity index (χ3v) is 7.66. The molecule has 0 unspecified atom stereocenters. The zero-order chi connectivity index (χ0) is 24.0. The maximum atomic E-state index is 13.4. The number of carbonyl (C=O) groups is 1. The second kappa shape index (κ2) is 11.6. The number of unbranched alkanes of at least 4 members (excludes halogenated alkanes) is 1. The zero-order valence-corrected chi connectivity index (χ0v) is 20.5. The summed E-state index contributed by atoms with van der Waals surface area (Å²) in [4.78, 5) is 17.7.